The van der Waals surface area contributed by atoms with Gasteiger partial charge in [-0.25, -0.2) is 13.4 Å². The van der Waals surface area contributed by atoms with Gasteiger partial charge < -0.3 is 10.2 Å². The van der Waals surface area contributed by atoms with Crippen LogP contribution in [0.25, 0.3) is 0 Å². The fourth-order valence-electron chi connectivity index (χ4n) is 3.30. The molecular formula is C22H22N4O3S. The Morgan fingerprint density at radius 1 is 0.867 bits per heavy atom. The molecule has 0 aliphatic carbocycles. The Morgan fingerprint density at radius 3 is 2.17 bits per heavy atom. The highest BCUT2D eigenvalue weighted by molar-refractivity contribution is 7.92. The Bertz CT molecular complexity index is 1110. The molecule has 0 unspecified atom stereocenters. The van der Waals surface area contributed by atoms with Gasteiger partial charge in [-0.05, 0) is 61.4 Å². The van der Waals surface area contributed by atoms with Crippen LogP contribution in [0.2, 0.25) is 0 Å². The van der Waals surface area contributed by atoms with Crippen molar-refractivity contribution >= 4 is 33.1 Å². The van der Waals surface area contributed by atoms with Crippen molar-refractivity contribution in [2.45, 2.75) is 17.7 Å². The lowest BCUT2D eigenvalue weighted by molar-refractivity contribution is 0.102. The average molecular weight is 423 g/mol. The summed E-state index contributed by atoms with van der Waals surface area (Å²) in [5, 5.41) is 2.81. The lowest BCUT2D eigenvalue weighted by atomic mass is 10.2. The van der Waals surface area contributed by atoms with Crippen molar-refractivity contribution in [1.29, 1.82) is 0 Å². The number of carbonyl (C=O) groups is 1. The number of amides is 1. The van der Waals surface area contributed by atoms with Gasteiger partial charge in [-0.1, -0.05) is 18.2 Å². The predicted octanol–water partition coefficient (Wildman–Crippen LogP) is 3.73. The normalized spacial score (nSPS) is 13.8. The predicted molar refractivity (Wildman–Crippen MR) is 117 cm³/mol. The maximum atomic E-state index is 12.5. The van der Waals surface area contributed by atoms with E-state index in [-0.39, 0.29) is 10.8 Å². The van der Waals surface area contributed by atoms with Crippen molar-refractivity contribution in [3.8, 4) is 0 Å². The number of benzene rings is 2. The Labute approximate surface area is 175 Å². The van der Waals surface area contributed by atoms with Crippen molar-refractivity contribution in [2.75, 3.05) is 28.0 Å². The second-order valence-electron chi connectivity index (χ2n) is 7.05. The van der Waals surface area contributed by atoms with Gasteiger partial charge in [-0.3, -0.25) is 9.52 Å². The number of rotatable bonds is 6. The highest BCUT2D eigenvalue weighted by Crippen LogP contribution is 2.20. The standard InChI is InChI=1S/C22H22N4O3S/c27-22(24-19-12-13-21(23-16-19)26-14-4-5-15-26)17-8-10-18(11-9-17)25-30(28,29)20-6-2-1-3-7-20/h1-3,6-13,16,25H,4-5,14-15H2,(H,24,27). The van der Waals surface area contributed by atoms with Crippen LogP contribution in [-0.4, -0.2) is 32.4 Å². The molecule has 1 fully saturated rings. The molecule has 30 heavy (non-hydrogen) atoms. The molecule has 0 bridgehead atoms. The SMILES string of the molecule is O=C(Nc1ccc(N2CCCC2)nc1)c1ccc(NS(=O)(=O)c2ccccc2)cc1. The summed E-state index contributed by atoms with van der Waals surface area (Å²) in [6.45, 7) is 2.03. The molecule has 1 aliphatic heterocycles. The molecule has 0 spiro atoms. The van der Waals surface area contributed by atoms with Gasteiger partial charge >= 0.3 is 0 Å². The maximum absolute atomic E-state index is 12.5. The van der Waals surface area contributed by atoms with Gasteiger partial charge in [0.25, 0.3) is 15.9 Å². The number of sulfonamides is 1. The van der Waals surface area contributed by atoms with Crippen LogP contribution in [0.1, 0.15) is 23.2 Å². The van der Waals surface area contributed by atoms with Gasteiger partial charge in [-0.2, -0.15) is 0 Å². The molecule has 2 aromatic carbocycles. The summed E-state index contributed by atoms with van der Waals surface area (Å²) in [4.78, 5) is 19.3. The van der Waals surface area contributed by atoms with Crippen molar-refractivity contribution in [3.05, 3.63) is 78.5 Å². The van der Waals surface area contributed by atoms with E-state index >= 15 is 0 Å². The van der Waals surface area contributed by atoms with E-state index in [9.17, 15) is 13.2 Å². The zero-order chi connectivity index (χ0) is 21.0. The van der Waals surface area contributed by atoms with Crippen molar-refractivity contribution in [2.24, 2.45) is 0 Å². The zero-order valence-corrected chi connectivity index (χ0v) is 17.1. The van der Waals surface area contributed by atoms with E-state index in [1.807, 2.05) is 12.1 Å². The molecular weight excluding hydrogens is 400 g/mol. The van der Waals surface area contributed by atoms with Crippen LogP contribution < -0.4 is 14.9 Å². The molecule has 0 saturated carbocycles. The minimum absolute atomic E-state index is 0.177. The first kappa shape index (κ1) is 19.9. The smallest absolute Gasteiger partial charge is 0.261 e. The quantitative estimate of drug-likeness (QED) is 0.632. The molecule has 3 aromatic rings. The summed E-state index contributed by atoms with van der Waals surface area (Å²) in [5.74, 6) is 0.628. The fraction of sp³-hybridized carbons (Fsp3) is 0.182. The minimum Gasteiger partial charge on any atom is -0.357 e. The number of pyridine rings is 1. The van der Waals surface area contributed by atoms with Crippen LogP contribution >= 0.6 is 0 Å². The van der Waals surface area contributed by atoms with Crippen LogP contribution in [0.4, 0.5) is 17.2 Å². The molecule has 1 amide bonds. The summed E-state index contributed by atoms with van der Waals surface area (Å²) in [6, 6.07) is 18.1. The monoisotopic (exact) mass is 422 g/mol. The molecule has 0 atom stereocenters. The average Bonchev–Trinajstić information content (AvgIpc) is 3.30. The second-order valence-corrected chi connectivity index (χ2v) is 8.73. The van der Waals surface area contributed by atoms with Crippen LogP contribution in [0.5, 0.6) is 0 Å². The lowest BCUT2D eigenvalue weighted by Gasteiger charge is -2.16. The van der Waals surface area contributed by atoms with Gasteiger partial charge in [0.1, 0.15) is 5.82 Å². The summed E-state index contributed by atoms with van der Waals surface area (Å²) in [7, 11) is -3.67. The first-order valence-electron chi connectivity index (χ1n) is 9.71. The Hall–Kier alpha value is -3.39. The van der Waals surface area contributed by atoms with Gasteiger partial charge in [-0.15, -0.1) is 0 Å². The number of nitrogens with one attached hydrogen (secondary N) is 2. The van der Waals surface area contributed by atoms with Gasteiger partial charge in [0, 0.05) is 24.3 Å². The molecule has 0 radical (unpaired) electrons. The topological polar surface area (TPSA) is 91.4 Å². The first-order valence-corrected chi connectivity index (χ1v) is 11.2. The van der Waals surface area contributed by atoms with Crippen molar-refractivity contribution in [3.63, 3.8) is 0 Å². The molecule has 1 aromatic heterocycles. The molecule has 2 heterocycles. The highest BCUT2D eigenvalue weighted by Gasteiger charge is 2.15. The lowest BCUT2D eigenvalue weighted by Crippen LogP contribution is -2.19. The number of carbonyl (C=O) groups excluding carboxylic acids is 1. The second kappa shape index (κ2) is 8.54. The number of hydrogen-bond donors (Lipinski definition) is 2. The minimum atomic E-state index is -3.67. The molecule has 1 saturated heterocycles. The number of hydrogen-bond acceptors (Lipinski definition) is 5. The van der Waals surface area contributed by atoms with Crippen molar-refractivity contribution in [1.82, 2.24) is 4.98 Å². The number of nitrogens with zero attached hydrogens (tertiary/aromatic N) is 2. The first-order chi connectivity index (χ1) is 14.5. The maximum Gasteiger partial charge on any atom is 0.261 e. The fourth-order valence-corrected chi connectivity index (χ4v) is 4.38. The molecule has 7 nitrogen and oxygen atoms in total. The summed E-state index contributed by atoms with van der Waals surface area (Å²) < 4.78 is 27.3. The highest BCUT2D eigenvalue weighted by atomic mass is 32.2. The van der Waals surface area contributed by atoms with Crippen LogP contribution in [-0.2, 0) is 10.0 Å². The summed E-state index contributed by atoms with van der Waals surface area (Å²) in [6.07, 6.45) is 4.00. The van der Waals surface area contributed by atoms with Crippen molar-refractivity contribution < 1.29 is 13.2 Å². The zero-order valence-electron chi connectivity index (χ0n) is 16.3. The Morgan fingerprint density at radius 2 is 1.53 bits per heavy atom. The van der Waals surface area contributed by atoms with Crippen LogP contribution in [0.15, 0.2) is 77.8 Å². The third kappa shape index (κ3) is 4.60. The molecule has 4 rings (SSSR count). The van der Waals surface area contributed by atoms with Crippen LogP contribution in [0.3, 0.4) is 0 Å². The summed E-state index contributed by atoms with van der Waals surface area (Å²) in [5.41, 5.74) is 1.41. The molecule has 2 N–H and O–H groups in total. The van der Waals surface area contributed by atoms with Gasteiger partial charge in [0.05, 0.1) is 16.8 Å². The van der Waals surface area contributed by atoms with Gasteiger partial charge in [0.2, 0.25) is 0 Å². The third-order valence-electron chi connectivity index (χ3n) is 4.89. The molecule has 8 heteroatoms. The Balaban J connectivity index is 1.39. The van der Waals surface area contributed by atoms with Crippen LogP contribution in [0, 0.1) is 0 Å². The number of anilines is 3. The van der Waals surface area contributed by atoms with E-state index in [1.54, 1.807) is 48.7 Å². The van der Waals surface area contributed by atoms with E-state index < -0.39 is 10.0 Å². The van der Waals surface area contributed by atoms with E-state index in [0.717, 1.165) is 18.9 Å². The third-order valence-corrected chi connectivity index (χ3v) is 6.29. The largest absolute Gasteiger partial charge is 0.357 e. The summed E-state index contributed by atoms with van der Waals surface area (Å²) >= 11 is 0. The molecule has 154 valence electrons. The van der Waals surface area contributed by atoms with E-state index in [4.69, 9.17) is 0 Å². The van der Waals surface area contributed by atoms with E-state index in [0.29, 0.717) is 16.9 Å². The Kier molecular flexibility index (Phi) is 5.67. The van der Waals surface area contributed by atoms with E-state index in [1.165, 1.54) is 25.0 Å². The van der Waals surface area contributed by atoms with Gasteiger partial charge in [0.15, 0.2) is 0 Å². The molecule has 1 aliphatic rings. The van der Waals surface area contributed by atoms with E-state index in [2.05, 4.69) is 19.9 Å². The number of aromatic nitrogens is 1.